The van der Waals surface area contributed by atoms with Gasteiger partial charge in [0.15, 0.2) is 6.10 Å². The van der Waals surface area contributed by atoms with E-state index in [2.05, 4.69) is 18.9 Å². The Labute approximate surface area is 116 Å². The summed E-state index contributed by atoms with van der Waals surface area (Å²) in [4.78, 5) is 41.4. The van der Waals surface area contributed by atoms with Crippen molar-refractivity contribution in [3.8, 4) is 0 Å². The first-order chi connectivity index (χ1) is 9.72. The average molecular weight is 312 g/mol. The maximum absolute atomic E-state index is 10.5. The molecule has 0 aliphatic rings. The van der Waals surface area contributed by atoms with Gasteiger partial charge in [-0.15, -0.1) is 0 Å². The van der Waals surface area contributed by atoms with E-state index in [0.717, 1.165) is 0 Å². The smallest absolute Gasteiger partial charge is 0.450 e. The van der Waals surface area contributed by atoms with Gasteiger partial charge >= 0.3 is 24.6 Å². The molecule has 0 amide bonds. The number of carbonyl (C=O) groups is 4. The van der Waals surface area contributed by atoms with Gasteiger partial charge in [0.2, 0.25) is 0 Å². The molecule has 0 aliphatic heterocycles. The summed E-state index contributed by atoms with van der Waals surface area (Å²) in [6.07, 6.45) is -10.5. The fraction of sp³-hybridized carbons (Fsp3) is 0.556. The summed E-state index contributed by atoms with van der Waals surface area (Å²) in [5.74, 6) is 0. The van der Waals surface area contributed by atoms with Crippen LogP contribution >= 0.6 is 0 Å². The molecule has 2 unspecified atom stereocenters. The predicted octanol–water partition coefficient (Wildman–Crippen LogP) is 0.892. The molecule has 0 rings (SSSR count). The normalized spacial score (nSPS) is 12.6. The van der Waals surface area contributed by atoms with Gasteiger partial charge < -0.3 is 39.4 Å². The van der Waals surface area contributed by atoms with Gasteiger partial charge in [-0.1, -0.05) is 0 Å². The number of rotatable bonds is 8. The Balaban J connectivity index is 4.77. The Kier molecular flexibility index (Phi) is 7.80. The summed E-state index contributed by atoms with van der Waals surface area (Å²) in [5.41, 5.74) is 0. The highest BCUT2D eigenvalue weighted by atomic mass is 16.7. The molecule has 0 fully saturated rings. The number of hydrogen-bond acceptors (Lipinski definition) is 8. The monoisotopic (exact) mass is 312 g/mol. The SMILES string of the molecule is O=C(O)OCCC(OC(=O)O)C(COC(=O)O)OC(=O)O. The lowest BCUT2D eigenvalue weighted by atomic mass is 10.1. The highest BCUT2D eigenvalue weighted by molar-refractivity contribution is 5.59. The fourth-order valence-electron chi connectivity index (χ4n) is 1.21. The maximum Gasteiger partial charge on any atom is 0.506 e. The maximum atomic E-state index is 10.5. The first-order valence-electron chi connectivity index (χ1n) is 5.23. The van der Waals surface area contributed by atoms with E-state index in [1.165, 1.54) is 0 Å². The molecule has 4 N–H and O–H groups in total. The van der Waals surface area contributed by atoms with E-state index in [1.54, 1.807) is 0 Å². The average Bonchev–Trinajstić information content (AvgIpc) is 2.31. The molecule has 0 heterocycles. The minimum atomic E-state index is -1.83. The van der Waals surface area contributed by atoms with Crippen molar-refractivity contribution in [1.29, 1.82) is 0 Å². The Morgan fingerprint density at radius 2 is 1.19 bits per heavy atom. The molecule has 0 aliphatic carbocycles. The summed E-state index contributed by atoms with van der Waals surface area (Å²) < 4.78 is 16.8. The van der Waals surface area contributed by atoms with Crippen molar-refractivity contribution in [3.05, 3.63) is 0 Å². The third-order valence-corrected chi connectivity index (χ3v) is 1.92. The Morgan fingerprint density at radius 3 is 1.62 bits per heavy atom. The van der Waals surface area contributed by atoms with Crippen LogP contribution in [0, 0.1) is 0 Å². The van der Waals surface area contributed by atoms with Crippen LogP contribution in [0.3, 0.4) is 0 Å². The lowest BCUT2D eigenvalue weighted by Crippen LogP contribution is -2.39. The zero-order valence-electron chi connectivity index (χ0n) is 10.3. The van der Waals surface area contributed by atoms with Crippen LogP contribution in [0.2, 0.25) is 0 Å². The number of ether oxygens (including phenoxy) is 4. The van der Waals surface area contributed by atoms with Crippen molar-refractivity contribution in [2.24, 2.45) is 0 Å². The van der Waals surface area contributed by atoms with Gasteiger partial charge in [0, 0.05) is 6.42 Å². The van der Waals surface area contributed by atoms with Crippen molar-refractivity contribution in [1.82, 2.24) is 0 Å². The summed E-state index contributed by atoms with van der Waals surface area (Å²) in [6, 6.07) is 0. The topological polar surface area (TPSA) is 186 Å². The highest BCUT2D eigenvalue weighted by Gasteiger charge is 2.30. The molecule has 0 spiro atoms. The molecule has 12 nitrogen and oxygen atoms in total. The molecule has 0 saturated carbocycles. The number of hydrogen-bond donors (Lipinski definition) is 4. The van der Waals surface area contributed by atoms with E-state index in [9.17, 15) is 19.2 Å². The van der Waals surface area contributed by atoms with Crippen molar-refractivity contribution >= 4 is 24.6 Å². The molecule has 0 aromatic rings. The number of carboxylic acid groups (broad SMARTS) is 4. The summed E-state index contributed by atoms with van der Waals surface area (Å²) in [5, 5.41) is 33.6. The van der Waals surface area contributed by atoms with Crippen LogP contribution in [0.15, 0.2) is 0 Å². The van der Waals surface area contributed by atoms with Crippen LogP contribution in [0.25, 0.3) is 0 Å². The van der Waals surface area contributed by atoms with Gasteiger partial charge in [-0.25, -0.2) is 19.2 Å². The van der Waals surface area contributed by atoms with Gasteiger partial charge in [0.25, 0.3) is 0 Å². The first-order valence-corrected chi connectivity index (χ1v) is 5.23. The van der Waals surface area contributed by atoms with Crippen molar-refractivity contribution in [3.63, 3.8) is 0 Å². The fourth-order valence-corrected chi connectivity index (χ4v) is 1.21. The molecule has 2 atom stereocenters. The Hall–Kier alpha value is -2.92. The molecule has 21 heavy (non-hydrogen) atoms. The second-order valence-electron chi connectivity index (χ2n) is 3.32. The van der Waals surface area contributed by atoms with E-state index < -0.39 is 56.5 Å². The molecule has 0 bridgehead atoms. The molecule has 120 valence electrons. The molecular formula is C9H12O12. The zero-order valence-corrected chi connectivity index (χ0v) is 10.3. The quantitative estimate of drug-likeness (QED) is 0.366. The Morgan fingerprint density at radius 1 is 0.714 bits per heavy atom. The van der Waals surface area contributed by atoms with Crippen LogP contribution in [0.4, 0.5) is 19.2 Å². The largest absolute Gasteiger partial charge is 0.506 e. The zero-order chi connectivity index (χ0) is 16.4. The van der Waals surface area contributed by atoms with Gasteiger partial charge in [-0.05, 0) is 0 Å². The minimum Gasteiger partial charge on any atom is -0.450 e. The predicted molar refractivity (Wildman–Crippen MR) is 58.4 cm³/mol. The molecule has 0 aromatic carbocycles. The van der Waals surface area contributed by atoms with Gasteiger partial charge in [-0.3, -0.25) is 0 Å². The molecular weight excluding hydrogens is 300 g/mol. The van der Waals surface area contributed by atoms with Crippen LogP contribution in [-0.4, -0.2) is 70.5 Å². The van der Waals surface area contributed by atoms with Crippen molar-refractivity contribution in [2.75, 3.05) is 13.2 Å². The van der Waals surface area contributed by atoms with Crippen LogP contribution in [0.1, 0.15) is 6.42 Å². The third kappa shape index (κ3) is 9.63. The van der Waals surface area contributed by atoms with Crippen molar-refractivity contribution in [2.45, 2.75) is 18.6 Å². The van der Waals surface area contributed by atoms with Crippen LogP contribution < -0.4 is 0 Å². The molecule has 0 aromatic heterocycles. The van der Waals surface area contributed by atoms with E-state index in [0.29, 0.717) is 0 Å². The second kappa shape index (κ2) is 9.06. The van der Waals surface area contributed by atoms with E-state index in [1.807, 2.05) is 0 Å². The van der Waals surface area contributed by atoms with Gasteiger partial charge in [0.1, 0.15) is 12.7 Å². The van der Waals surface area contributed by atoms with Gasteiger partial charge in [-0.2, -0.15) is 0 Å². The van der Waals surface area contributed by atoms with Crippen LogP contribution in [-0.2, 0) is 18.9 Å². The lowest BCUT2D eigenvalue weighted by Gasteiger charge is -2.23. The summed E-state index contributed by atoms with van der Waals surface area (Å²) >= 11 is 0. The lowest BCUT2D eigenvalue weighted by molar-refractivity contribution is -0.0722. The van der Waals surface area contributed by atoms with Gasteiger partial charge in [0.05, 0.1) is 6.61 Å². The Bertz CT molecular complexity index is 390. The molecule has 0 saturated heterocycles. The summed E-state index contributed by atoms with van der Waals surface area (Å²) in [6.45, 7) is -1.37. The van der Waals surface area contributed by atoms with Crippen LogP contribution in [0.5, 0.6) is 0 Å². The standard InChI is InChI=1S/C9H12O12/c10-6(11)18-2-1-4(20-8(14)15)5(21-9(16)17)3-19-7(12)13/h4-5H,1-3H2,(H,10,11)(H,12,13)(H,14,15)(H,16,17). The van der Waals surface area contributed by atoms with Crippen molar-refractivity contribution < 1.29 is 58.6 Å². The molecule has 0 radical (unpaired) electrons. The molecule has 12 heteroatoms. The second-order valence-corrected chi connectivity index (χ2v) is 3.32. The third-order valence-electron chi connectivity index (χ3n) is 1.92. The van der Waals surface area contributed by atoms with E-state index >= 15 is 0 Å². The van der Waals surface area contributed by atoms with E-state index in [4.69, 9.17) is 20.4 Å². The van der Waals surface area contributed by atoms with E-state index in [-0.39, 0.29) is 0 Å². The highest BCUT2D eigenvalue weighted by Crippen LogP contribution is 2.11. The minimum absolute atomic E-state index is 0.403. The summed E-state index contributed by atoms with van der Waals surface area (Å²) in [7, 11) is 0. The first kappa shape index (κ1) is 18.1.